The Hall–Kier alpha value is -2.96. The van der Waals surface area contributed by atoms with Crippen molar-refractivity contribution in [3.8, 4) is 0 Å². The van der Waals surface area contributed by atoms with Crippen molar-refractivity contribution in [3.05, 3.63) is 69.8 Å². The van der Waals surface area contributed by atoms with E-state index in [4.69, 9.17) is 22.4 Å². The molecule has 194 valence electrons. The molecule has 0 heterocycles. The number of hydrogen-bond donors (Lipinski definition) is 1. The number of alkyl halides is 3. The van der Waals surface area contributed by atoms with Crippen LogP contribution in [0.25, 0.3) is 0 Å². The summed E-state index contributed by atoms with van der Waals surface area (Å²) in [7, 11) is -6.09. The molecule has 0 aliphatic rings. The van der Waals surface area contributed by atoms with Crippen LogP contribution in [0.15, 0.2) is 36.4 Å². The van der Waals surface area contributed by atoms with Crippen molar-refractivity contribution >= 4 is 22.1 Å². The van der Waals surface area contributed by atoms with E-state index in [0.717, 1.165) is 22.3 Å². The number of halogens is 3. The molecule has 12 heteroatoms. The molecule has 0 bridgehead atoms. The number of hydrogen-bond acceptors (Lipinski definition) is 7. The molecular formula is C23H28F3NO7S. The molecule has 35 heavy (non-hydrogen) atoms. The minimum atomic E-state index is -6.09. The average Bonchev–Trinajstić information content (AvgIpc) is 2.70. The molecule has 0 amide bonds. The van der Waals surface area contributed by atoms with Gasteiger partial charge in [0.25, 0.3) is 0 Å². The van der Waals surface area contributed by atoms with Crippen LogP contribution in [0.3, 0.4) is 0 Å². The first-order valence-corrected chi connectivity index (χ1v) is 11.9. The van der Waals surface area contributed by atoms with Crippen molar-refractivity contribution in [1.82, 2.24) is 0 Å². The summed E-state index contributed by atoms with van der Waals surface area (Å²) in [6.45, 7) is 9.70. The maximum absolute atomic E-state index is 12.0. The Morgan fingerprint density at radius 1 is 0.771 bits per heavy atom. The van der Waals surface area contributed by atoms with E-state index in [9.17, 15) is 22.8 Å². The number of carbonyl (C=O) groups excluding carboxylic acids is 2. The Kier molecular flexibility index (Phi) is 11.4. The molecule has 2 aromatic rings. The number of ether oxygens (including phenoxy) is 2. The lowest BCUT2D eigenvalue weighted by atomic mass is 10.1. The standard InChI is InChI=1S/C22H27NO4.CHF3O3S/c1-15-9-16(2)12-19(11-15)21(24)26-7-5-23-6-8-27-22(25)20-13-17(3)10-18(4)14-20;2-1(3,4)8(5,6)7/h9-14,23H,5-8H2,1-4H3;(H,5,6,7). The van der Waals surface area contributed by atoms with Gasteiger partial charge in [-0.3, -0.25) is 0 Å². The van der Waals surface area contributed by atoms with E-state index in [2.05, 4.69) is 0 Å². The van der Waals surface area contributed by atoms with E-state index >= 15 is 0 Å². The molecule has 0 fully saturated rings. The van der Waals surface area contributed by atoms with E-state index in [0.29, 0.717) is 37.4 Å². The van der Waals surface area contributed by atoms with Gasteiger partial charge in [-0.1, -0.05) is 34.4 Å². The van der Waals surface area contributed by atoms with Crippen LogP contribution in [0, 0.1) is 27.7 Å². The van der Waals surface area contributed by atoms with Gasteiger partial charge in [0.15, 0.2) is 10.1 Å². The van der Waals surface area contributed by atoms with Crippen molar-refractivity contribution in [3.63, 3.8) is 0 Å². The number of esters is 2. The normalized spacial score (nSPS) is 11.3. The molecule has 0 spiro atoms. The zero-order valence-corrected chi connectivity index (χ0v) is 20.6. The second-order valence-corrected chi connectivity index (χ2v) is 9.16. The Balaban J connectivity index is 0.000000658. The van der Waals surface area contributed by atoms with Gasteiger partial charge in [-0.15, -0.1) is 0 Å². The molecule has 2 N–H and O–H groups in total. The highest BCUT2D eigenvalue weighted by Crippen LogP contribution is 2.20. The van der Waals surface area contributed by atoms with Gasteiger partial charge >= 0.3 is 17.4 Å². The summed E-state index contributed by atoms with van der Waals surface area (Å²) >= 11 is 0. The van der Waals surface area contributed by atoms with Crippen molar-refractivity contribution in [2.24, 2.45) is 0 Å². The molecule has 0 aliphatic heterocycles. The van der Waals surface area contributed by atoms with Crippen molar-refractivity contribution in [1.29, 1.82) is 0 Å². The number of quaternary nitrogens is 1. The molecule has 0 aliphatic carbocycles. The molecule has 0 unspecified atom stereocenters. The van der Waals surface area contributed by atoms with Crippen molar-refractivity contribution in [2.75, 3.05) is 26.3 Å². The molecule has 0 saturated heterocycles. The van der Waals surface area contributed by atoms with Crippen molar-refractivity contribution < 1.29 is 50.5 Å². The van der Waals surface area contributed by atoms with E-state index in [1.54, 1.807) is 0 Å². The summed E-state index contributed by atoms with van der Waals surface area (Å²) in [5.74, 6) is -0.618. The number of carbonyl (C=O) groups is 2. The minimum Gasteiger partial charge on any atom is -0.741 e. The Morgan fingerprint density at radius 3 is 1.31 bits per heavy atom. The third-order valence-electron chi connectivity index (χ3n) is 4.31. The number of rotatable bonds is 8. The fourth-order valence-electron chi connectivity index (χ4n) is 2.97. The predicted molar refractivity (Wildman–Crippen MR) is 120 cm³/mol. The van der Waals surface area contributed by atoms with E-state index < -0.39 is 15.6 Å². The topological polar surface area (TPSA) is 126 Å². The first-order chi connectivity index (χ1) is 16.1. The lowest BCUT2D eigenvalue weighted by Gasteiger charge is -2.08. The number of aryl methyl sites for hydroxylation is 4. The monoisotopic (exact) mass is 519 g/mol. The minimum absolute atomic E-state index is 0.309. The molecule has 0 radical (unpaired) electrons. The third kappa shape index (κ3) is 11.3. The third-order valence-corrected chi connectivity index (χ3v) is 4.88. The van der Waals surface area contributed by atoms with Gasteiger partial charge in [0.1, 0.15) is 26.3 Å². The first kappa shape index (κ1) is 30.1. The molecular weight excluding hydrogens is 491 g/mol. The smallest absolute Gasteiger partial charge is 0.485 e. The second-order valence-electron chi connectivity index (χ2n) is 7.79. The summed E-state index contributed by atoms with van der Waals surface area (Å²) < 4.78 is 69.5. The molecule has 0 atom stereocenters. The average molecular weight is 520 g/mol. The first-order valence-electron chi connectivity index (χ1n) is 10.4. The molecule has 2 aromatic carbocycles. The quantitative estimate of drug-likeness (QED) is 0.246. The van der Waals surface area contributed by atoms with Crippen LogP contribution in [-0.2, 0) is 19.6 Å². The highest BCUT2D eigenvalue weighted by molar-refractivity contribution is 7.86. The van der Waals surface area contributed by atoms with E-state index in [-0.39, 0.29) is 11.9 Å². The fourth-order valence-corrected chi connectivity index (χ4v) is 2.97. The predicted octanol–water partition coefficient (Wildman–Crippen LogP) is 2.55. The molecule has 2 rings (SSSR count). The fraction of sp³-hybridized carbons (Fsp3) is 0.391. The maximum atomic E-state index is 12.0. The van der Waals surface area contributed by atoms with E-state index in [1.807, 2.05) is 69.4 Å². The van der Waals surface area contributed by atoms with Crippen LogP contribution in [0.1, 0.15) is 43.0 Å². The highest BCUT2D eigenvalue weighted by atomic mass is 32.2. The van der Waals surface area contributed by atoms with Gasteiger partial charge < -0.3 is 19.3 Å². The van der Waals surface area contributed by atoms with Crippen LogP contribution in [0.4, 0.5) is 13.2 Å². The van der Waals surface area contributed by atoms with Gasteiger partial charge in [-0.25, -0.2) is 18.0 Å². The van der Waals surface area contributed by atoms with Crippen LogP contribution >= 0.6 is 0 Å². The molecule has 0 saturated carbocycles. The lowest BCUT2D eigenvalue weighted by molar-refractivity contribution is -0.656. The molecule has 0 aromatic heterocycles. The largest absolute Gasteiger partial charge is 0.741 e. The summed E-state index contributed by atoms with van der Waals surface area (Å²) in [4.78, 5) is 24.1. The lowest BCUT2D eigenvalue weighted by Crippen LogP contribution is -2.86. The van der Waals surface area contributed by atoms with Gasteiger partial charge in [-0.2, -0.15) is 13.2 Å². The Bertz CT molecular complexity index is 1020. The SMILES string of the molecule is Cc1cc(C)cc(C(=O)OCC[NH2+]CCOC(=O)c2cc(C)cc(C)c2)c1.O=S(=O)([O-])C(F)(F)F. The van der Waals surface area contributed by atoms with Crippen LogP contribution in [0.5, 0.6) is 0 Å². The second kappa shape index (κ2) is 13.2. The Labute approximate surface area is 202 Å². The van der Waals surface area contributed by atoms with Crippen LogP contribution < -0.4 is 5.32 Å². The van der Waals surface area contributed by atoms with Crippen molar-refractivity contribution in [2.45, 2.75) is 33.2 Å². The zero-order chi connectivity index (χ0) is 26.8. The summed E-state index contributed by atoms with van der Waals surface area (Å²) in [5.41, 5.74) is -0.325. The maximum Gasteiger partial charge on any atom is 0.485 e. The number of benzene rings is 2. The number of nitrogens with two attached hydrogens (primary N) is 1. The summed E-state index contributed by atoms with van der Waals surface area (Å²) in [6, 6.07) is 11.3. The van der Waals surface area contributed by atoms with E-state index in [1.165, 1.54) is 0 Å². The van der Waals surface area contributed by atoms with Gasteiger partial charge in [-0.05, 0) is 52.0 Å². The summed E-state index contributed by atoms with van der Waals surface area (Å²) in [5, 5.41) is 1.96. The van der Waals surface area contributed by atoms with Crippen LogP contribution in [-0.4, -0.2) is 56.7 Å². The van der Waals surface area contributed by atoms with Crippen LogP contribution in [0.2, 0.25) is 0 Å². The molecule has 8 nitrogen and oxygen atoms in total. The Morgan fingerprint density at radius 2 is 1.06 bits per heavy atom. The van der Waals surface area contributed by atoms with Gasteiger partial charge in [0.2, 0.25) is 0 Å². The zero-order valence-electron chi connectivity index (χ0n) is 19.8. The van der Waals surface area contributed by atoms with Gasteiger partial charge in [0, 0.05) is 0 Å². The summed E-state index contributed by atoms with van der Waals surface area (Å²) in [6.07, 6.45) is 0. The van der Waals surface area contributed by atoms with Gasteiger partial charge in [0.05, 0.1) is 11.1 Å². The highest BCUT2D eigenvalue weighted by Gasteiger charge is 2.36.